The van der Waals surface area contributed by atoms with Crippen LogP contribution in [-0.2, 0) is 0 Å². The van der Waals surface area contributed by atoms with Crippen molar-refractivity contribution in [3.05, 3.63) is 52.0 Å². The number of hydrogen-bond acceptors (Lipinski definition) is 3. The van der Waals surface area contributed by atoms with Crippen molar-refractivity contribution in [3.8, 4) is 0 Å². The van der Waals surface area contributed by atoms with E-state index in [0.717, 1.165) is 28.8 Å². The fourth-order valence-electron chi connectivity index (χ4n) is 3.85. The van der Waals surface area contributed by atoms with Crippen LogP contribution in [0.4, 0.5) is 17.1 Å². The van der Waals surface area contributed by atoms with Crippen LogP contribution < -0.4 is 16.0 Å². The Balaban J connectivity index is 1.87. The second-order valence-corrected chi connectivity index (χ2v) is 8.46. The van der Waals surface area contributed by atoms with Crippen LogP contribution in [0, 0.1) is 18.8 Å². The van der Waals surface area contributed by atoms with Gasteiger partial charge in [0.15, 0.2) is 0 Å². The van der Waals surface area contributed by atoms with Crippen LogP contribution >= 0.6 is 15.9 Å². The molecule has 3 rings (SSSR count). The Kier molecular flexibility index (Phi) is 5.56. The lowest BCUT2D eigenvalue weighted by molar-refractivity contribution is 0.102. The third-order valence-corrected chi connectivity index (χ3v) is 5.41. The van der Waals surface area contributed by atoms with Crippen molar-refractivity contribution >= 4 is 38.9 Å². The molecular formula is C21H26BrN3O. The zero-order chi connectivity index (χ0) is 18.8. The molecule has 1 fully saturated rings. The highest BCUT2D eigenvalue weighted by atomic mass is 79.9. The molecule has 26 heavy (non-hydrogen) atoms. The maximum atomic E-state index is 12.6. The average molecular weight is 416 g/mol. The van der Waals surface area contributed by atoms with Gasteiger partial charge >= 0.3 is 0 Å². The van der Waals surface area contributed by atoms with Crippen molar-refractivity contribution in [3.63, 3.8) is 0 Å². The van der Waals surface area contributed by atoms with Crippen LogP contribution in [0.1, 0.15) is 36.2 Å². The van der Waals surface area contributed by atoms with Crippen molar-refractivity contribution in [1.29, 1.82) is 0 Å². The number of nitrogens with zero attached hydrogens (tertiary/aromatic N) is 1. The summed E-state index contributed by atoms with van der Waals surface area (Å²) >= 11 is 3.40. The predicted octanol–water partition coefficient (Wildman–Crippen LogP) is 5.07. The maximum Gasteiger partial charge on any atom is 0.255 e. The monoisotopic (exact) mass is 415 g/mol. The molecular weight excluding hydrogens is 390 g/mol. The van der Waals surface area contributed by atoms with Crippen LogP contribution in [-0.4, -0.2) is 19.0 Å². The van der Waals surface area contributed by atoms with Gasteiger partial charge in [0, 0.05) is 28.8 Å². The van der Waals surface area contributed by atoms with Gasteiger partial charge in [0.2, 0.25) is 0 Å². The van der Waals surface area contributed by atoms with Gasteiger partial charge in [0.1, 0.15) is 0 Å². The number of piperidine rings is 1. The van der Waals surface area contributed by atoms with E-state index in [4.69, 9.17) is 5.73 Å². The molecule has 0 radical (unpaired) electrons. The van der Waals surface area contributed by atoms with Crippen LogP contribution in [0.3, 0.4) is 0 Å². The first-order chi connectivity index (χ1) is 12.3. The van der Waals surface area contributed by atoms with E-state index in [-0.39, 0.29) is 5.91 Å². The quantitative estimate of drug-likeness (QED) is 0.687. The molecule has 1 saturated heterocycles. The summed E-state index contributed by atoms with van der Waals surface area (Å²) in [5.41, 5.74) is 10.3. The summed E-state index contributed by atoms with van der Waals surface area (Å²) in [5.74, 6) is 1.17. The van der Waals surface area contributed by atoms with Crippen LogP contribution in [0.5, 0.6) is 0 Å². The lowest BCUT2D eigenvalue weighted by atomic mass is 9.91. The van der Waals surface area contributed by atoms with Crippen molar-refractivity contribution in [2.45, 2.75) is 27.2 Å². The molecule has 0 saturated carbocycles. The molecule has 4 nitrogen and oxygen atoms in total. The smallest absolute Gasteiger partial charge is 0.255 e. The van der Waals surface area contributed by atoms with Crippen LogP contribution in [0.2, 0.25) is 0 Å². The van der Waals surface area contributed by atoms with E-state index in [9.17, 15) is 4.79 Å². The maximum absolute atomic E-state index is 12.6. The van der Waals surface area contributed by atoms with Crippen LogP contribution in [0.25, 0.3) is 0 Å². The van der Waals surface area contributed by atoms with Gasteiger partial charge in [-0.15, -0.1) is 0 Å². The van der Waals surface area contributed by atoms with Gasteiger partial charge in [-0.1, -0.05) is 35.8 Å². The average Bonchev–Trinajstić information content (AvgIpc) is 2.56. The number of rotatable bonds is 3. The van der Waals surface area contributed by atoms with Gasteiger partial charge in [-0.05, 0) is 61.1 Å². The number of benzene rings is 2. The predicted molar refractivity (Wildman–Crippen MR) is 113 cm³/mol. The highest BCUT2D eigenvalue weighted by molar-refractivity contribution is 9.10. The number of anilines is 3. The molecule has 1 aliphatic heterocycles. The molecule has 1 amide bonds. The number of nitrogen functional groups attached to an aromatic ring is 1. The zero-order valence-corrected chi connectivity index (χ0v) is 17.1. The van der Waals surface area contributed by atoms with Crippen molar-refractivity contribution in [2.24, 2.45) is 11.8 Å². The molecule has 0 spiro atoms. The Bertz CT molecular complexity index is 811. The lowest BCUT2D eigenvalue weighted by Crippen LogP contribution is -2.39. The number of aryl methyl sites for hydroxylation is 1. The minimum atomic E-state index is -0.159. The molecule has 138 valence electrons. The van der Waals surface area contributed by atoms with Crippen molar-refractivity contribution < 1.29 is 4.79 Å². The van der Waals surface area contributed by atoms with E-state index in [1.54, 1.807) is 12.1 Å². The molecule has 2 aromatic carbocycles. The van der Waals surface area contributed by atoms with Gasteiger partial charge in [-0.3, -0.25) is 4.79 Å². The number of halogens is 1. The van der Waals surface area contributed by atoms with Gasteiger partial charge in [-0.25, -0.2) is 0 Å². The lowest BCUT2D eigenvalue weighted by Gasteiger charge is -2.37. The third kappa shape index (κ3) is 4.21. The van der Waals surface area contributed by atoms with E-state index in [1.165, 1.54) is 6.42 Å². The summed E-state index contributed by atoms with van der Waals surface area (Å²) < 4.78 is 0.874. The SMILES string of the molecule is Cc1cc(N)c(NC(=O)c2cccc(Br)c2)cc1N1C[C@@H](C)C[C@H](C)C1. The minimum absolute atomic E-state index is 0.159. The first kappa shape index (κ1) is 18.8. The number of nitrogens with two attached hydrogens (primary N) is 1. The third-order valence-electron chi connectivity index (χ3n) is 4.91. The normalized spacial score (nSPS) is 20.1. The Morgan fingerprint density at radius 3 is 2.54 bits per heavy atom. The molecule has 1 heterocycles. The Labute approximate surface area is 163 Å². The second-order valence-electron chi connectivity index (χ2n) is 7.54. The molecule has 0 aromatic heterocycles. The second kappa shape index (κ2) is 7.70. The number of nitrogens with one attached hydrogen (secondary N) is 1. The van der Waals surface area contributed by atoms with E-state index in [1.807, 2.05) is 24.3 Å². The summed E-state index contributed by atoms with van der Waals surface area (Å²) in [6.45, 7) is 8.74. The van der Waals surface area contributed by atoms with Gasteiger partial charge in [-0.2, -0.15) is 0 Å². The summed E-state index contributed by atoms with van der Waals surface area (Å²) in [6.07, 6.45) is 1.26. The largest absolute Gasteiger partial charge is 0.397 e. The highest BCUT2D eigenvalue weighted by Gasteiger charge is 2.24. The van der Waals surface area contributed by atoms with Crippen molar-refractivity contribution in [1.82, 2.24) is 0 Å². The van der Waals surface area contributed by atoms with E-state index >= 15 is 0 Å². The molecule has 1 aliphatic rings. The molecule has 0 aliphatic carbocycles. The minimum Gasteiger partial charge on any atom is -0.397 e. The molecule has 0 unspecified atom stereocenters. The number of hydrogen-bond donors (Lipinski definition) is 2. The van der Waals surface area contributed by atoms with E-state index < -0.39 is 0 Å². The van der Waals surface area contributed by atoms with Gasteiger partial charge in [0.25, 0.3) is 5.91 Å². The van der Waals surface area contributed by atoms with Gasteiger partial charge in [0.05, 0.1) is 11.4 Å². The zero-order valence-electron chi connectivity index (χ0n) is 15.6. The van der Waals surface area contributed by atoms with E-state index in [0.29, 0.717) is 28.8 Å². The van der Waals surface area contributed by atoms with E-state index in [2.05, 4.69) is 46.9 Å². The van der Waals surface area contributed by atoms with Crippen LogP contribution in [0.15, 0.2) is 40.9 Å². The Morgan fingerprint density at radius 1 is 1.19 bits per heavy atom. The Hall–Kier alpha value is -2.01. The summed E-state index contributed by atoms with van der Waals surface area (Å²) in [5, 5.41) is 2.97. The number of amides is 1. The molecule has 2 aromatic rings. The van der Waals surface area contributed by atoms with Gasteiger partial charge < -0.3 is 16.0 Å². The first-order valence-corrected chi connectivity index (χ1v) is 9.84. The number of carbonyl (C=O) groups excluding carboxylic acids is 1. The summed E-state index contributed by atoms with van der Waals surface area (Å²) in [6, 6.07) is 11.3. The Morgan fingerprint density at radius 2 is 1.88 bits per heavy atom. The molecule has 5 heteroatoms. The topological polar surface area (TPSA) is 58.4 Å². The molecule has 2 atom stereocenters. The standard InChI is InChI=1S/C21H26BrN3O/c1-13-7-14(2)12-25(11-13)20-10-19(18(23)8-15(20)3)24-21(26)16-5-4-6-17(22)9-16/h4-6,8-10,13-14H,7,11-12,23H2,1-3H3,(H,24,26)/t13-,14-/m0/s1. The first-order valence-electron chi connectivity index (χ1n) is 9.05. The highest BCUT2D eigenvalue weighted by Crippen LogP contribution is 2.33. The fraction of sp³-hybridized carbons (Fsp3) is 0.381. The van der Waals surface area contributed by atoms with Crippen molar-refractivity contribution in [2.75, 3.05) is 29.0 Å². The molecule has 3 N–H and O–H groups in total. The summed E-state index contributed by atoms with van der Waals surface area (Å²) in [7, 11) is 0. The molecule has 0 bridgehead atoms. The fourth-order valence-corrected chi connectivity index (χ4v) is 4.25. The summed E-state index contributed by atoms with van der Waals surface area (Å²) in [4.78, 5) is 15.0. The number of carbonyl (C=O) groups is 1.